The highest BCUT2D eigenvalue weighted by Gasteiger charge is 2.01. The first kappa shape index (κ1) is 12.9. The van der Waals surface area contributed by atoms with E-state index in [4.69, 9.17) is 5.73 Å². The number of aryl methyl sites for hydroxylation is 1. The Bertz CT molecular complexity index is 519. The molecule has 0 aliphatic carbocycles. The molecule has 2 heteroatoms. The fourth-order valence-electron chi connectivity index (χ4n) is 2.15. The maximum atomic E-state index is 5.56. The van der Waals surface area contributed by atoms with E-state index in [0.29, 0.717) is 5.92 Å². The van der Waals surface area contributed by atoms with E-state index in [9.17, 15) is 0 Å². The molecule has 0 aromatic heterocycles. The van der Waals surface area contributed by atoms with E-state index in [2.05, 4.69) is 55.6 Å². The van der Waals surface area contributed by atoms with Gasteiger partial charge in [-0.2, -0.15) is 0 Å². The minimum Gasteiger partial charge on any atom is -0.385 e. The quantitative estimate of drug-likeness (QED) is 0.841. The number of nitrogens with two attached hydrogens (primary N) is 1. The molecular formula is C16H22N2. The molecule has 2 rings (SSSR count). The first-order valence-corrected chi connectivity index (χ1v) is 6.63. The van der Waals surface area contributed by atoms with Gasteiger partial charge in [0.1, 0.15) is 0 Å². The molecule has 2 aromatic rings. The molecule has 0 heterocycles. The molecule has 0 spiro atoms. The van der Waals surface area contributed by atoms with Gasteiger partial charge in [0.25, 0.3) is 0 Å². The Morgan fingerprint density at radius 1 is 1.11 bits per heavy atom. The van der Waals surface area contributed by atoms with Crippen LogP contribution in [0.15, 0.2) is 36.4 Å². The first-order chi connectivity index (χ1) is 8.69. The summed E-state index contributed by atoms with van der Waals surface area (Å²) >= 11 is 0. The van der Waals surface area contributed by atoms with Gasteiger partial charge in [0.05, 0.1) is 0 Å². The van der Waals surface area contributed by atoms with Crippen molar-refractivity contribution < 1.29 is 0 Å². The van der Waals surface area contributed by atoms with Crippen LogP contribution in [0.5, 0.6) is 0 Å². The maximum Gasteiger partial charge on any atom is 0.0346 e. The molecular weight excluding hydrogens is 220 g/mol. The Morgan fingerprint density at radius 3 is 2.61 bits per heavy atom. The minimum atomic E-state index is 0.615. The number of nitrogens with one attached hydrogen (secondary N) is 1. The van der Waals surface area contributed by atoms with Crippen molar-refractivity contribution in [3.8, 4) is 0 Å². The van der Waals surface area contributed by atoms with Crippen LogP contribution in [0.1, 0.15) is 18.9 Å². The van der Waals surface area contributed by atoms with E-state index < -0.39 is 0 Å². The van der Waals surface area contributed by atoms with Crippen LogP contribution < -0.4 is 11.1 Å². The largest absolute Gasteiger partial charge is 0.385 e. The summed E-state index contributed by atoms with van der Waals surface area (Å²) in [7, 11) is 0. The van der Waals surface area contributed by atoms with Gasteiger partial charge >= 0.3 is 0 Å². The molecule has 96 valence electrons. The lowest BCUT2D eigenvalue weighted by Crippen LogP contribution is -2.15. The van der Waals surface area contributed by atoms with Gasteiger partial charge in [0.2, 0.25) is 0 Å². The van der Waals surface area contributed by atoms with Crippen LogP contribution in [-0.4, -0.2) is 13.1 Å². The lowest BCUT2D eigenvalue weighted by Gasteiger charge is -2.13. The number of hydrogen-bond acceptors (Lipinski definition) is 2. The first-order valence-electron chi connectivity index (χ1n) is 6.63. The highest BCUT2D eigenvalue weighted by atomic mass is 14.9. The summed E-state index contributed by atoms with van der Waals surface area (Å²) in [4.78, 5) is 0. The summed E-state index contributed by atoms with van der Waals surface area (Å²) in [5.74, 6) is 0.615. The van der Waals surface area contributed by atoms with Crippen molar-refractivity contribution in [1.82, 2.24) is 0 Å². The molecule has 0 saturated heterocycles. The predicted octanol–water partition coefficient (Wildman–Crippen LogP) is 3.55. The van der Waals surface area contributed by atoms with Crippen LogP contribution >= 0.6 is 0 Å². The second-order valence-corrected chi connectivity index (χ2v) is 5.13. The van der Waals surface area contributed by atoms with Crippen LogP contribution in [-0.2, 0) is 0 Å². The molecule has 0 radical (unpaired) electrons. The zero-order valence-electron chi connectivity index (χ0n) is 11.2. The third-order valence-corrected chi connectivity index (χ3v) is 3.31. The molecule has 0 bridgehead atoms. The van der Waals surface area contributed by atoms with E-state index >= 15 is 0 Å². The Morgan fingerprint density at radius 2 is 1.83 bits per heavy atom. The van der Waals surface area contributed by atoms with Crippen molar-refractivity contribution in [2.24, 2.45) is 11.7 Å². The third kappa shape index (κ3) is 3.23. The Balaban J connectivity index is 2.08. The summed E-state index contributed by atoms with van der Waals surface area (Å²) in [6.07, 6.45) is 1.07. The second-order valence-electron chi connectivity index (χ2n) is 5.13. The molecule has 1 atom stereocenters. The number of rotatable bonds is 5. The highest BCUT2D eigenvalue weighted by Crippen LogP contribution is 2.20. The number of fused-ring (bicyclic) bond motifs is 1. The number of benzene rings is 2. The van der Waals surface area contributed by atoms with Gasteiger partial charge in [-0.15, -0.1) is 0 Å². The van der Waals surface area contributed by atoms with Crippen molar-refractivity contribution in [1.29, 1.82) is 0 Å². The van der Waals surface area contributed by atoms with Gasteiger partial charge < -0.3 is 11.1 Å². The molecule has 0 saturated carbocycles. The van der Waals surface area contributed by atoms with Gasteiger partial charge in [0, 0.05) is 12.2 Å². The fourth-order valence-corrected chi connectivity index (χ4v) is 2.15. The van der Waals surface area contributed by atoms with Gasteiger partial charge in [-0.3, -0.25) is 0 Å². The summed E-state index contributed by atoms with van der Waals surface area (Å²) < 4.78 is 0. The van der Waals surface area contributed by atoms with Crippen LogP contribution in [0.25, 0.3) is 10.8 Å². The molecule has 18 heavy (non-hydrogen) atoms. The van der Waals surface area contributed by atoms with E-state index in [0.717, 1.165) is 19.5 Å². The highest BCUT2D eigenvalue weighted by molar-refractivity contribution is 5.86. The SMILES string of the molecule is Cc1ccc2cc(NCC(C)CCN)ccc2c1. The van der Waals surface area contributed by atoms with Gasteiger partial charge in [-0.1, -0.05) is 36.8 Å². The van der Waals surface area contributed by atoms with Crippen LogP contribution in [0.2, 0.25) is 0 Å². The molecule has 2 aromatic carbocycles. The fraction of sp³-hybridized carbons (Fsp3) is 0.375. The Labute approximate surface area is 109 Å². The van der Waals surface area contributed by atoms with Crippen molar-refractivity contribution in [2.45, 2.75) is 20.3 Å². The van der Waals surface area contributed by atoms with Gasteiger partial charge in [0.15, 0.2) is 0 Å². The lowest BCUT2D eigenvalue weighted by atomic mass is 10.1. The molecule has 0 amide bonds. The monoisotopic (exact) mass is 242 g/mol. The standard InChI is InChI=1S/C16H22N2/c1-12-3-4-15-10-16(6-5-14(15)9-12)18-11-13(2)7-8-17/h3-6,9-10,13,18H,7-8,11,17H2,1-2H3. The summed E-state index contributed by atoms with van der Waals surface area (Å²) in [6.45, 7) is 6.10. The van der Waals surface area contributed by atoms with E-state index in [1.165, 1.54) is 22.0 Å². The van der Waals surface area contributed by atoms with Crippen LogP contribution in [0.3, 0.4) is 0 Å². The zero-order valence-corrected chi connectivity index (χ0v) is 11.2. The third-order valence-electron chi connectivity index (χ3n) is 3.31. The van der Waals surface area contributed by atoms with Gasteiger partial charge in [-0.05, 0) is 48.7 Å². The van der Waals surface area contributed by atoms with Crippen molar-refractivity contribution in [2.75, 3.05) is 18.4 Å². The Kier molecular flexibility index (Phi) is 4.21. The molecule has 0 aliphatic heterocycles. The average Bonchev–Trinajstić information content (AvgIpc) is 2.36. The molecule has 1 unspecified atom stereocenters. The number of hydrogen-bond donors (Lipinski definition) is 2. The van der Waals surface area contributed by atoms with E-state index in [1.54, 1.807) is 0 Å². The lowest BCUT2D eigenvalue weighted by molar-refractivity contribution is 0.568. The molecule has 0 fully saturated rings. The van der Waals surface area contributed by atoms with Gasteiger partial charge in [-0.25, -0.2) is 0 Å². The number of anilines is 1. The molecule has 2 nitrogen and oxygen atoms in total. The van der Waals surface area contributed by atoms with Crippen LogP contribution in [0.4, 0.5) is 5.69 Å². The summed E-state index contributed by atoms with van der Waals surface area (Å²) in [5.41, 5.74) is 8.05. The van der Waals surface area contributed by atoms with Crippen molar-refractivity contribution in [3.63, 3.8) is 0 Å². The predicted molar refractivity (Wildman–Crippen MR) is 80.0 cm³/mol. The zero-order chi connectivity index (χ0) is 13.0. The summed E-state index contributed by atoms with van der Waals surface area (Å²) in [6, 6.07) is 13.1. The smallest absolute Gasteiger partial charge is 0.0346 e. The summed E-state index contributed by atoms with van der Waals surface area (Å²) in [5, 5.41) is 6.07. The van der Waals surface area contributed by atoms with E-state index in [1.807, 2.05) is 0 Å². The molecule has 0 aliphatic rings. The topological polar surface area (TPSA) is 38.0 Å². The maximum absolute atomic E-state index is 5.56. The normalized spacial score (nSPS) is 12.6. The van der Waals surface area contributed by atoms with E-state index in [-0.39, 0.29) is 0 Å². The minimum absolute atomic E-state index is 0.615. The van der Waals surface area contributed by atoms with Crippen LogP contribution in [0, 0.1) is 12.8 Å². The van der Waals surface area contributed by atoms with Crippen molar-refractivity contribution in [3.05, 3.63) is 42.0 Å². The molecule has 3 N–H and O–H groups in total. The average molecular weight is 242 g/mol. The Hall–Kier alpha value is -1.54. The second kappa shape index (κ2) is 5.87. The van der Waals surface area contributed by atoms with Crippen molar-refractivity contribution >= 4 is 16.5 Å².